The van der Waals surface area contributed by atoms with Crippen molar-refractivity contribution < 1.29 is 23.5 Å². The molecule has 1 saturated heterocycles. The van der Waals surface area contributed by atoms with Crippen LogP contribution in [0.4, 0.5) is 0 Å². The van der Waals surface area contributed by atoms with Crippen molar-refractivity contribution in [2.24, 2.45) is 0 Å². The molecule has 29 heavy (non-hydrogen) atoms. The second-order valence-corrected chi connectivity index (χ2v) is 8.35. The van der Waals surface area contributed by atoms with E-state index in [2.05, 4.69) is 34.3 Å². The Bertz CT molecular complexity index is 507. The lowest BCUT2D eigenvalue weighted by molar-refractivity contribution is -0.00380. The van der Waals surface area contributed by atoms with Crippen molar-refractivity contribution in [3.05, 3.63) is 36.6 Å². The Morgan fingerprint density at radius 2 is 1.62 bits per heavy atom. The van der Waals surface area contributed by atoms with Gasteiger partial charge < -0.3 is 23.5 Å². The molecule has 0 spiro atoms. The topological polar surface area (TPSA) is 46.2 Å². The largest absolute Gasteiger partial charge is 0.488 e. The SMILES string of the molecule is C=C/C=C(\C=C/CB1OC(C)(C)C(C)(C)O1)OC(C)(C)CCOCCOC.CC. The van der Waals surface area contributed by atoms with Crippen molar-refractivity contribution in [2.45, 2.75) is 84.9 Å². The molecule has 0 unspecified atom stereocenters. The van der Waals surface area contributed by atoms with Gasteiger partial charge in [-0.2, -0.15) is 0 Å². The summed E-state index contributed by atoms with van der Waals surface area (Å²) in [5, 5.41) is 0. The van der Waals surface area contributed by atoms with E-state index < -0.39 is 0 Å². The minimum Gasteiger partial charge on any atom is -0.488 e. The molecule has 168 valence electrons. The maximum Gasteiger partial charge on any atom is 0.461 e. The van der Waals surface area contributed by atoms with Gasteiger partial charge >= 0.3 is 7.12 Å². The number of ether oxygens (including phenoxy) is 3. The zero-order valence-electron chi connectivity index (χ0n) is 20.2. The molecule has 1 aliphatic heterocycles. The summed E-state index contributed by atoms with van der Waals surface area (Å²) in [5.74, 6) is 0.753. The second-order valence-electron chi connectivity index (χ2n) is 8.35. The van der Waals surface area contributed by atoms with Crippen LogP contribution in [0.15, 0.2) is 36.6 Å². The van der Waals surface area contributed by atoms with Crippen LogP contribution in [0.25, 0.3) is 0 Å². The molecule has 1 rings (SSSR count). The molecule has 1 heterocycles. The molecule has 1 fully saturated rings. The lowest BCUT2D eigenvalue weighted by Crippen LogP contribution is -2.41. The molecule has 0 bridgehead atoms. The lowest BCUT2D eigenvalue weighted by Gasteiger charge is -2.32. The predicted octanol–water partition coefficient (Wildman–Crippen LogP) is 5.58. The second kappa shape index (κ2) is 13.3. The van der Waals surface area contributed by atoms with Crippen molar-refractivity contribution in [1.82, 2.24) is 0 Å². The highest BCUT2D eigenvalue weighted by Crippen LogP contribution is 2.37. The first-order valence-electron chi connectivity index (χ1n) is 10.6. The van der Waals surface area contributed by atoms with Gasteiger partial charge in [-0.25, -0.2) is 0 Å². The summed E-state index contributed by atoms with van der Waals surface area (Å²) in [5.41, 5.74) is -0.976. The van der Waals surface area contributed by atoms with Crippen LogP contribution in [0, 0.1) is 0 Å². The fourth-order valence-corrected chi connectivity index (χ4v) is 2.53. The summed E-state index contributed by atoms with van der Waals surface area (Å²) in [7, 11) is 1.41. The predicted molar refractivity (Wildman–Crippen MR) is 122 cm³/mol. The summed E-state index contributed by atoms with van der Waals surface area (Å²) in [6.45, 7) is 21.9. The molecule has 0 aliphatic carbocycles. The van der Waals surface area contributed by atoms with Crippen LogP contribution in [0.5, 0.6) is 0 Å². The van der Waals surface area contributed by atoms with Crippen molar-refractivity contribution in [3.8, 4) is 0 Å². The molecule has 0 aromatic carbocycles. The van der Waals surface area contributed by atoms with Gasteiger partial charge in [-0.15, -0.1) is 0 Å². The molecule has 0 aromatic rings. The van der Waals surface area contributed by atoms with Gasteiger partial charge in [-0.3, -0.25) is 0 Å². The Morgan fingerprint density at radius 3 is 2.14 bits per heavy atom. The van der Waals surface area contributed by atoms with Gasteiger partial charge in [0.15, 0.2) is 0 Å². The van der Waals surface area contributed by atoms with E-state index in [9.17, 15) is 0 Å². The third-order valence-electron chi connectivity index (χ3n) is 4.87. The van der Waals surface area contributed by atoms with Gasteiger partial charge in [0.1, 0.15) is 11.4 Å². The minimum absolute atomic E-state index is 0.251. The van der Waals surface area contributed by atoms with Crippen LogP contribution in [0.2, 0.25) is 6.32 Å². The number of allylic oxidation sites excluding steroid dienone is 4. The van der Waals surface area contributed by atoms with Crippen LogP contribution < -0.4 is 0 Å². The van der Waals surface area contributed by atoms with E-state index in [0.29, 0.717) is 26.1 Å². The van der Waals surface area contributed by atoms with E-state index in [4.69, 9.17) is 23.5 Å². The average molecular weight is 410 g/mol. The molecular weight excluding hydrogens is 367 g/mol. The van der Waals surface area contributed by atoms with Crippen molar-refractivity contribution in [2.75, 3.05) is 26.9 Å². The zero-order chi connectivity index (χ0) is 22.6. The quantitative estimate of drug-likeness (QED) is 0.182. The van der Waals surface area contributed by atoms with Gasteiger partial charge in [0.25, 0.3) is 0 Å². The Kier molecular flexibility index (Phi) is 12.8. The van der Waals surface area contributed by atoms with Crippen LogP contribution >= 0.6 is 0 Å². The van der Waals surface area contributed by atoms with Gasteiger partial charge in [-0.1, -0.05) is 32.6 Å². The summed E-state index contributed by atoms with van der Waals surface area (Å²) in [6.07, 6.45) is 8.97. The summed E-state index contributed by atoms with van der Waals surface area (Å²) >= 11 is 0. The Labute approximate surface area is 179 Å². The Morgan fingerprint density at radius 1 is 1.03 bits per heavy atom. The molecule has 0 aromatic heterocycles. The zero-order valence-corrected chi connectivity index (χ0v) is 20.2. The summed E-state index contributed by atoms with van der Waals surface area (Å²) in [6, 6.07) is 0. The number of hydrogen-bond donors (Lipinski definition) is 0. The fraction of sp³-hybridized carbons (Fsp3) is 0.739. The minimum atomic E-state index is -0.351. The van der Waals surface area contributed by atoms with Crippen molar-refractivity contribution >= 4 is 7.12 Å². The van der Waals surface area contributed by atoms with Gasteiger partial charge in [0, 0.05) is 19.9 Å². The fourth-order valence-electron chi connectivity index (χ4n) is 2.53. The van der Waals surface area contributed by atoms with Crippen molar-refractivity contribution in [1.29, 1.82) is 0 Å². The molecular formula is C23H43BO5. The molecule has 6 heteroatoms. The molecule has 1 aliphatic rings. The van der Waals surface area contributed by atoms with Crippen LogP contribution in [-0.4, -0.2) is 50.9 Å². The van der Waals surface area contributed by atoms with E-state index in [-0.39, 0.29) is 23.9 Å². The first kappa shape index (κ1) is 27.9. The first-order chi connectivity index (χ1) is 13.5. The highest BCUT2D eigenvalue weighted by molar-refractivity contribution is 6.46. The summed E-state index contributed by atoms with van der Waals surface area (Å²) < 4.78 is 28.7. The number of rotatable bonds is 12. The van der Waals surface area contributed by atoms with E-state index in [1.807, 2.05) is 45.9 Å². The van der Waals surface area contributed by atoms with E-state index in [1.165, 1.54) is 0 Å². The van der Waals surface area contributed by atoms with Gasteiger partial charge in [0.05, 0.1) is 31.0 Å². The average Bonchev–Trinajstić information content (AvgIpc) is 2.83. The molecule has 0 N–H and O–H groups in total. The Balaban J connectivity index is 0.00000379. The third-order valence-corrected chi connectivity index (χ3v) is 4.87. The molecule has 0 radical (unpaired) electrons. The first-order valence-corrected chi connectivity index (χ1v) is 10.6. The van der Waals surface area contributed by atoms with Crippen LogP contribution in [-0.2, 0) is 23.5 Å². The Hall–Kier alpha value is -1.08. The van der Waals surface area contributed by atoms with E-state index in [0.717, 1.165) is 12.2 Å². The smallest absolute Gasteiger partial charge is 0.461 e. The standard InChI is InChI=1S/C21H37BO5.C2H6/c1-9-11-18(25-19(2,3)13-15-24-17-16-23-8)12-10-14-22-26-20(4,5)21(6,7)27-22;1-2/h9-12H,1,13-17H2,2-8H3;1-2H3/b12-10-,18-11+;. The summed E-state index contributed by atoms with van der Waals surface area (Å²) in [4.78, 5) is 0. The molecule has 0 amide bonds. The number of methoxy groups -OCH3 is 1. The molecule has 5 nitrogen and oxygen atoms in total. The van der Waals surface area contributed by atoms with Gasteiger partial charge in [0.2, 0.25) is 0 Å². The van der Waals surface area contributed by atoms with E-state index in [1.54, 1.807) is 13.2 Å². The maximum atomic E-state index is 6.14. The molecule has 0 saturated carbocycles. The highest BCUT2D eigenvalue weighted by atomic mass is 16.7. The van der Waals surface area contributed by atoms with Crippen molar-refractivity contribution in [3.63, 3.8) is 0 Å². The highest BCUT2D eigenvalue weighted by Gasteiger charge is 2.50. The lowest BCUT2D eigenvalue weighted by atomic mass is 9.85. The third kappa shape index (κ3) is 10.5. The van der Waals surface area contributed by atoms with Gasteiger partial charge in [-0.05, 0) is 53.7 Å². The monoisotopic (exact) mass is 410 g/mol. The van der Waals surface area contributed by atoms with Crippen LogP contribution in [0.1, 0.15) is 61.8 Å². The van der Waals surface area contributed by atoms with Crippen LogP contribution in [0.3, 0.4) is 0 Å². The maximum absolute atomic E-state index is 6.14. The molecule has 0 atom stereocenters. The number of hydrogen-bond acceptors (Lipinski definition) is 5. The van der Waals surface area contributed by atoms with E-state index >= 15 is 0 Å². The normalized spacial score (nSPS) is 18.5.